The monoisotopic (exact) mass is 167 g/mol. The molecule has 1 aromatic carbocycles. The summed E-state index contributed by atoms with van der Waals surface area (Å²) in [6, 6.07) is 4.68. The molecule has 0 radical (unpaired) electrons. The van der Waals surface area contributed by atoms with Crippen molar-refractivity contribution in [1.29, 1.82) is 0 Å². The summed E-state index contributed by atoms with van der Waals surface area (Å²) in [6.45, 7) is 0. The summed E-state index contributed by atoms with van der Waals surface area (Å²) in [6.07, 6.45) is 0.741. The third kappa shape index (κ3) is 1.12. The molecule has 0 aliphatic carbocycles. The Balaban J connectivity index is 2.51. The molecule has 0 atom stereocenters. The van der Waals surface area contributed by atoms with Gasteiger partial charge in [-0.1, -0.05) is 18.3 Å². The van der Waals surface area contributed by atoms with Crippen molar-refractivity contribution >= 4 is 22.9 Å². The lowest BCUT2D eigenvalue weighted by Crippen LogP contribution is -2.00. The second kappa shape index (κ2) is 2.27. The Morgan fingerprint density at radius 1 is 1.45 bits per heavy atom. The van der Waals surface area contributed by atoms with Gasteiger partial charge in [0.15, 0.2) is 0 Å². The van der Waals surface area contributed by atoms with E-state index in [-0.39, 0.29) is 5.82 Å². The van der Waals surface area contributed by atoms with Crippen LogP contribution in [0.5, 0.6) is 0 Å². The number of rotatable bonds is 0. The highest BCUT2D eigenvalue weighted by Crippen LogP contribution is 2.23. The number of halogens is 1. The van der Waals surface area contributed by atoms with Gasteiger partial charge in [-0.2, -0.15) is 0 Å². The molecule has 0 saturated heterocycles. The molecular formula is C8H6FNS. The number of nitrogens with one attached hydrogen (secondary N) is 1. The molecular weight excluding hydrogens is 161 g/mol. The molecule has 1 aliphatic rings. The van der Waals surface area contributed by atoms with Crippen molar-refractivity contribution in [3.8, 4) is 0 Å². The van der Waals surface area contributed by atoms with E-state index in [2.05, 4.69) is 5.32 Å². The summed E-state index contributed by atoms with van der Waals surface area (Å²) in [4.78, 5) is 0.769. The van der Waals surface area contributed by atoms with Gasteiger partial charge < -0.3 is 5.32 Å². The van der Waals surface area contributed by atoms with Gasteiger partial charge in [0.2, 0.25) is 0 Å². The molecule has 56 valence electrons. The van der Waals surface area contributed by atoms with Crippen LogP contribution in [0.2, 0.25) is 0 Å². The van der Waals surface area contributed by atoms with Crippen LogP contribution in [0.25, 0.3) is 0 Å². The Morgan fingerprint density at radius 3 is 3.09 bits per heavy atom. The second-order valence-corrected chi connectivity index (χ2v) is 3.02. The standard InChI is InChI=1S/C8H6FNS/c9-6-2-1-5-3-8(11)10-7(5)4-6/h1-2,4H,3H2,(H,10,11). The number of thiocarbonyl (C=S) groups is 1. The Morgan fingerprint density at radius 2 is 2.27 bits per heavy atom. The van der Waals surface area contributed by atoms with Crippen LogP contribution in [-0.4, -0.2) is 4.99 Å². The normalized spacial score (nSPS) is 14.5. The lowest BCUT2D eigenvalue weighted by atomic mass is 10.2. The molecule has 0 fully saturated rings. The van der Waals surface area contributed by atoms with Gasteiger partial charge in [0.25, 0.3) is 0 Å². The van der Waals surface area contributed by atoms with Gasteiger partial charge in [-0.25, -0.2) is 4.39 Å². The van der Waals surface area contributed by atoms with E-state index in [0.29, 0.717) is 0 Å². The first-order chi connectivity index (χ1) is 5.25. The molecule has 1 aliphatic heterocycles. The van der Waals surface area contributed by atoms with Crippen LogP contribution in [0, 0.1) is 5.82 Å². The molecule has 0 amide bonds. The SMILES string of the molecule is Fc1ccc2c(c1)NC(=S)C2. The molecule has 0 unspecified atom stereocenters. The topological polar surface area (TPSA) is 12.0 Å². The van der Waals surface area contributed by atoms with Crippen molar-refractivity contribution in [1.82, 2.24) is 0 Å². The van der Waals surface area contributed by atoms with Crippen LogP contribution in [-0.2, 0) is 6.42 Å². The van der Waals surface area contributed by atoms with Crippen LogP contribution >= 0.6 is 12.2 Å². The molecule has 1 heterocycles. The van der Waals surface area contributed by atoms with Gasteiger partial charge >= 0.3 is 0 Å². The number of fused-ring (bicyclic) bond motifs is 1. The molecule has 1 aromatic rings. The van der Waals surface area contributed by atoms with Crippen molar-refractivity contribution in [2.45, 2.75) is 6.42 Å². The van der Waals surface area contributed by atoms with Gasteiger partial charge in [-0.05, 0) is 17.7 Å². The van der Waals surface area contributed by atoms with Crippen molar-refractivity contribution in [2.24, 2.45) is 0 Å². The van der Waals surface area contributed by atoms with Crippen LogP contribution in [0.15, 0.2) is 18.2 Å². The molecule has 0 saturated carbocycles. The third-order valence-corrected chi connectivity index (χ3v) is 1.94. The predicted octanol–water partition coefficient (Wildman–Crippen LogP) is 2.12. The van der Waals surface area contributed by atoms with Crippen molar-refractivity contribution in [2.75, 3.05) is 5.32 Å². The maximum absolute atomic E-state index is 12.6. The van der Waals surface area contributed by atoms with Crippen LogP contribution < -0.4 is 5.32 Å². The average Bonchev–Trinajstić information content (AvgIpc) is 2.27. The summed E-state index contributed by atoms with van der Waals surface area (Å²) in [5.41, 5.74) is 1.89. The summed E-state index contributed by atoms with van der Waals surface area (Å²) >= 11 is 4.93. The maximum Gasteiger partial charge on any atom is 0.125 e. The van der Waals surface area contributed by atoms with E-state index in [1.54, 1.807) is 6.07 Å². The first-order valence-electron chi connectivity index (χ1n) is 3.34. The Bertz CT molecular complexity index is 322. The second-order valence-electron chi connectivity index (χ2n) is 2.53. The minimum absolute atomic E-state index is 0.221. The van der Waals surface area contributed by atoms with Crippen LogP contribution in [0.1, 0.15) is 5.56 Å². The van der Waals surface area contributed by atoms with E-state index in [1.807, 2.05) is 0 Å². The number of hydrogen-bond donors (Lipinski definition) is 1. The van der Waals surface area contributed by atoms with Crippen molar-refractivity contribution in [3.63, 3.8) is 0 Å². The molecule has 0 spiro atoms. The summed E-state index contributed by atoms with van der Waals surface area (Å²) < 4.78 is 12.6. The predicted molar refractivity (Wildman–Crippen MR) is 46.3 cm³/mol. The first kappa shape index (κ1) is 6.73. The van der Waals surface area contributed by atoms with Gasteiger partial charge in [0.1, 0.15) is 5.82 Å². The average molecular weight is 167 g/mol. The zero-order valence-electron chi connectivity index (χ0n) is 5.73. The van der Waals surface area contributed by atoms with Crippen LogP contribution in [0.4, 0.5) is 10.1 Å². The van der Waals surface area contributed by atoms with Gasteiger partial charge in [0.05, 0.1) is 4.99 Å². The quantitative estimate of drug-likeness (QED) is 0.594. The Labute approximate surface area is 69.2 Å². The summed E-state index contributed by atoms with van der Waals surface area (Å²) in [5.74, 6) is -0.221. The number of anilines is 1. The molecule has 3 heteroatoms. The minimum atomic E-state index is -0.221. The highest BCUT2D eigenvalue weighted by Gasteiger charge is 2.13. The summed E-state index contributed by atoms with van der Waals surface area (Å²) in [7, 11) is 0. The fourth-order valence-corrected chi connectivity index (χ4v) is 1.45. The fraction of sp³-hybridized carbons (Fsp3) is 0.125. The molecule has 0 aromatic heterocycles. The number of hydrogen-bond acceptors (Lipinski definition) is 1. The molecule has 1 nitrogen and oxygen atoms in total. The van der Waals surface area contributed by atoms with E-state index in [4.69, 9.17) is 12.2 Å². The molecule has 2 rings (SSSR count). The third-order valence-electron chi connectivity index (χ3n) is 1.70. The fourth-order valence-electron chi connectivity index (χ4n) is 1.19. The zero-order valence-corrected chi connectivity index (χ0v) is 6.54. The largest absolute Gasteiger partial charge is 0.349 e. The van der Waals surface area contributed by atoms with Crippen molar-refractivity contribution in [3.05, 3.63) is 29.6 Å². The minimum Gasteiger partial charge on any atom is -0.349 e. The molecule has 11 heavy (non-hydrogen) atoms. The first-order valence-corrected chi connectivity index (χ1v) is 3.75. The zero-order chi connectivity index (χ0) is 7.84. The Hall–Kier alpha value is -0.960. The highest BCUT2D eigenvalue weighted by atomic mass is 32.1. The van der Waals surface area contributed by atoms with Gasteiger partial charge in [-0.3, -0.25) is 0 Å². The van der Waals surface area contributed by atoms with E-state index >= 15 is 0 Å². The molecule has 1 N–H and O–H groups in total. The van der Waals surface area contributed by atoms with Gasteiger partial charge in [-0.15, -0.1) is 0 Å². The maximum atomic E-state index is 12.6. The summed E-state index contributed by atoms with van der Waals surface area (Å²) in [5, 5.41) is 2.93. The van der Waals surface area contributed by atoms with Gasteiger partial charge in [0, 0.05) is 12.1 Å². The van der Waals surface area contributed by atoms with Crippen molar-refractivity contribution < 1.29 is 4.39 Å². The van der Waals surface area contributed by atoms with E-state index in [0.717, 1.165) is 22.7 Å². The van der Waals surface area contributed by atoms with E-state index in [9.17, 15) is 4.39 Å². The smallest absolute Gasteiger partial charge is 0.125 e. The molecule has 0 bridgehead atoms. The van der Waals surface area contributed by atoms with E-state index in [1.165, 1.54) is 12.1 Å². The van der Waals surface area contributed by atoms with Crippen LogP contribution in [0.3, 0.4) is 0 Å². The Kier molecular flexibility index (Phi) is 1.39. The van der Waals surface area contributed by atoms with E-state index < -0.39 is 0 Å². The lowest BCUT2D eigenvalue weighted by molar-refractivity contribution is 0.628. The lowest BCUT2D eigenvalue weighted by Gasteiger charge is -1.96. The highest BCUT2D eigenvalue weighted by molar-refractivity contribution is 7.80. The number of benzene rings is 1.